The highest BCUT2D eigenvalue weighted by molar-refractivity contribution is 6.32. The van der Waals surface area contributed by atoms with Crippen LogP contribution in [0.4, 0.5) is 5.82 Å². The molecule has 0 aliphatic rings. The first kappa shape index (κ1) is 14.8. The number of rotatable bonds is 7. The maximum atomic E-state index is 11.7. The molecule has 1 amide bonds. The summed E-state index contributed by atoms with van der Waals surface area (Å²) in [6, 6.07) is 3.58. The number of nitrogens with one attached hydrogen (secondary N) is 1. The Morgan fingerprint density at radius 3 is 2.78 bits per heavy atom. The minimum atomic E-state index is 0.203. The molecule has 0 unspecified atom stereocenters. The highest BCUT2D eigenvalue weighted by Crippen LogP contribution is 2.17. The lowest BCUT2D eigenvalue weighted by atomic mass is 10.2. The fraction of sp³-hybridized carbons (Fsp3) is 0.538. The van der Waals surface area contributed by atoms with E-state index in [9.17, 15) is 4.79 Å². The Labute approximate surface area is 113 Å². The minimum Gasteiger partial charge on any atom is -0.369 e. The largest absolute Gasteiger partial charge is 0.369 e. The molecule has 100 valence electrons. The van der Waals surface area contributed by atoms with Crippen molar-refractivity contribution in [3.8, 4) is 0 Å². The van der Waals surface area contributed by atoms with Crippen molar-refractivity contribution in [2.45, 2.75) is 26.7 Å². The number of amides is 1. The Hall–Kier alpha value is -1.29. The first-order valence-electron chi connectivity index (χ1n) is 6.31. The van der Waals surface area contributed by atoms with Gasteiger partial charge in [0.15, 0.2) is 0 Å². The van der Waals surface area contributed by atoms with Crippen LogP contribution in [0.15, 0.2) is 18.3 Å². The maximum Gasteiger partial charge on any atom is 0.222 e. The molecule has 0 fully saturated rings. The van der Waals surface area contributed by atoms with Crippen LogP contribution in [0.3, 0.4) is 0 Å². The second-order valence-corrected chi connectivity index (χ2v) is 4.34. The van der Waals surface area contributed by atoms with Crippen molar-refractivity contribution in [2.75, 3.05) is 25.0 Å². The molecule has 4 nitrogen and oxygen atoms in total. The molecular weight excluding hydrogens is 250 g/mol. The van der Waals surface area contributed by atoms with Gasteiger partial charge in [-0.1, -0.05) is 11.6 Å². The van der Waals surface area contributed by atoms with Gasteiger partial charge in [0.25, 0.3) is 0 Å². The van der Waals surface area contributed by atoms with Crippen molar-refractivity contribution < 1.29 is 4.79 Å². The van der Waals surface area contributed by atoms with Crippen LogP contribution in [0.1, 0.15) is 26.7 Å². The molecular formula is C13H20ClN3O. The topological polar surface area (TPSA) is 45.2 Å². The van der Waals surface area contributed by atoms with Crippen LogP contribution in [-0.4, -0.2) is 35.4 Å². The highest BCUT2D eigenvalue weighted by atomic mass is 35.5. The summed E-state index contributed by atoms with van der Waals surface area (Å²) in [4.78, 5) is 17.7. The lowest BCUT2D eigenvalue weighted by Gasteiger charge is -2.18. The predicted octanol–water partition coefficient (Wildman–Crippen LogP) is 2.80. The van der Waals surface area contributed by atoms with E-state index in [1.807, 2.05) is 18.7 Å². The Balaban J connectivity index is 2.27. The number of pyridine rings is 1. The van der Waals surface area contributed by atoms with Gasteiger partial charge in [0.2, 0.25) is 5.91 Å². The molecule has 1 aromatic heterocycles. The molecule has 5 heteroatoms. The predicted molar refractivity (Wildman–Crippen MR) is 74.9 cm³/mol. The number of nitrogens with zero attached hydrogens (tertiary/aromatic N) is 2. The summed E-state index contributed by atoms with van der Waals surface area (Å²) >= 11 is 5.96. The number of halogens is 1. The number of anilines is 1. The molecule has 0 aliphatic heterocycles. The van der Waals surface area contributed by atoms with Gasteiger partial charge in [0.1, 0.15) is 5.82 Å². The average Bonchev–Trinajstić information content (AvgIpc) is 2.38. The minimum absolute atomic E-state index is 0.203. The fourth-order valence-electron chi connectivity index (χ4n) is 1.70. The summed E-state index contributed by atoms with van der Waals surface area (Å²) in [5, 5.41) is 3.73. The van der Waals surface area contributed by atoms with Gasteiger partial charge in [-0.25, -0.2) is 4.98 Å². The number of carbonyl (C=O) groups is 1. The maximum absolute atomic E-state index is 11.7. The zero-order chi connectivity index (χ0) is 13.4. The van der Waals surface area contributed by atoms with E-state index in [2.05, 4.69) is 10.3 Å². The van der Waals surface area contributed by atoms with Crippen molar-refractivity contribution in [3.63, 3.8) is 0 Å². The first-order valence-corrected chi connectivity index (χ1v) is 6.69. The lowest BCUT2D eigenvalue weighted by molar-refractivity contribution is -0.130. The van der Waals surface area contributed by atoms with Crippen molar-refractivity contribution >= 4 is 23.3 Å². The standard InChI is InChI=1S/C13H20ClN3O/c1-3-17(4-2)12(18)8-6-10-16-13-11(14)7-5-9-15-13/h5,7,9H,3-4,6,8,10H2,1-2H3,(H,15,16). The molecule has 18 heavy (non-hydrogen) atoms. The van der Waals surface area contributed by atoms with Crippen LogP contribution >= 0.6 is 11.6 Å². The molecule has 0 atom stereocenters. The van der Waals surface area contributed by atoms with Gasteiger partial charge in [-0.3, -0.25) is 4.79 Å². The summed E-state index contributed by atoms with van der Waals surface area (Å²) in [6.45, 7) is 6.23. The van der Waals surface area contributed by atoms with E-state index in [0.29, 0.717) is 23.8 Å². The second-order valence-electron chi connectivity index (χ2n) is 3.93. The first-order chi connectivity index (χ1) is 8.69. The third kappa shape index (κ3) is 4.53. The number of aromatic nitrogens is 1. The molecule has 0 spiro atoms. The van der Waals surface area contributed by atoms with Gasteiger partial charge in [0.05, 0.1) is 5.02 Å². The quantitative estimate of drug-likeness (QED) is 0.774. The van der Waals surface area contributed by atoms with Crippen LogP contribution in [-0.2, 0) is 4.79 Å². The van der Waals surface area contributed by atoms with Gasteiger partial charge in [0, 0.05) is 32.3 Å². The lowest BCUT2D eigenvalue weighted by Crippen LogP contribution is -2.30. The molecule has 1 N–H and O–H groups in total. The van der Waals surface area contributed by atoms with Crippen LogP contribution < -0.4 is 5.32 Å². The van der Waals surface area contributed by atoms with E-state index in [4.69, 9.17) is 11.6 Å². The highest BCUT2D eigenvalue weighted by Gasteiger charge is 2.08. The zero-order valence-electron chi connectivity index (χ0n) is 10.9. The zero-order valence-corrected chi connectivity index (χ0v) is 11.7. The summed E-state index contributed by atoms with van der Waals surface area (Å²) in [7, 11) is 0. The van der Waals surface area contributed by atoms with E-state index < -0.39 is 0 Å². The van der Waals surface area contributed by atoms with Crippen LogP contribution in [0, 0.1) is 0 Å². The smallest absolute Gasteiger partial charge is 0.222 e. The molecule has 0 radical (unpaired) electrons. The van der Waals surface area contributed by atoms with E-state index in [0.717, 1.165) is 19.5 Å². The summed E-state index contributed by atoms with van der Waals surface area (Å²) < 4.78 is 0. The molecule has 0 aromatic carbocycles. The summed E-state index contributed by atoms with van der Waals surface area (Å²) in [5.74, 6) is 0.878. The normalized spacial score (nSPS) is 10.2. The van der Waals surface area contributed by atoms with Crippen molar-refractivity contribution in [2.24, 2.45) is 0 Å². The second kappa shape index (κ2) is 7.93. The Bertz CT molecular complexity index is 380. The SMILES string of the molecule is CCN(CC)C(=O)CCCNc1ncccc1Cl. The third-order valence-electron chi connectivity index (χ3n) is 2.73. The van der Waals surface area contributed by atoms with Crippen LogP contribution in [0.2, 0.25) is 5.02 Å². The monoisotopic (exact) mass is 269 g/mol. The molecule has 1 heterocycles. The Morgan fingerprint density at radius 2 is 2.17 bits per heavy atom. The number of hydrogen-bond donors (Lipinski definition) is 1. The van der Waals surface area contributed by atoms with Crippen LogP contribution in [0.25, 0.3) is 0 Å². The fourth-order valence-corrected chi connectivity index (χ4v) is 1.88. The van der Waals surface area contributed by atoms with Crippen molar-refractivity contribution in [3.05, 3.63) is 23.4 Å². The number of hydrogen-bond acceptors (Lipinski definition) is 3. The van der Waals surface area contributed by atoms with E-state index in [1.54, 1.807) is 18.3 Å². The van der Waals surface area contributed by atoms with Crippen molar-refractivity contribution in [1.29, 1.82) is 0 Å². The van der Waals surface area contributed by atoms with E-state index in [-0.39, 0.29) is 5.91 Å². The molecule has 0 saturated heterocycles. The average molecular weight is 270 g/mol. The Kier molecular flexibility index (Phi) is 6.50. The molecule has 1 rings (SSSR count). The van der Waals surface area contributed by atoms with E-state index in [1.165, 1.54) is 0 Å². The van der Waals surface area contributed by atoms with Gasteiger partial charge in [-0.15, -0.1) is 0 Å². The van der Waals surface area contributed by atoms with Gasteiger partial charge < -0.3 is 10.2 Å². The van der Waals surface area contributed by atoms with Gasteiger partial charge in [-0.05, 0) is 32.4 Å². The molecule has 1 aromatic rings. The Morgan fingerprint density at radius 1 is 1.44 bits per heavy atom. The molecule has 0 saturated carbocycles. The van der Waals surface area contributed by atoms with E-state index >= 15 is 0 Å². The summed E-state index contributed by atoms with van der Waals surface area (Å²) in [6.07, 6.45) is 3.02. The van der Waals surface area contributed by atoms with Gasteiger partial charge >= 0.3 is 0 Å². The number of carbonyl (C=O) groups excluding carboxylic acids is 1. The molecule has 0 aliphatic carbocycles. The van der Waals surface area contributed by atoms with Gasteiger partial charge in [-0.2, -0.15) is 0 Å². The summed E-state index contributed by atoms with van der Waals surface area (Å²) in [5.41, 5.74) is 0. The third-order valence-corrected chi connectivity index (χ3v) is 3.04. The van der Waals surface area contributed by atoms with Crippen molar-refractivity contribution in [1.82, 2.24) is 9.88 Å². The molecule has 0 bridgehead atoms. The van der Waals surface area contributed by atoms with Crippen LogP contribution in [0.5, 0.6) is 0 Å².